The van der Waals surface area contributed by atoms with Crippen LogP contribution in [0.1, 0.15) is 19.8 Å². The fourth-order valence-electron chi connectivity index (χ4n) is 1.56. The van der Waals surface area contributed by atoms with Gasteiger partial charge in [0.25, 0.3) is 5.91 Å². The molecule has 1 aliphatic carbocycles. The van der Waals surface area contributed by atoms with Crippen molar-refractivity contribution in [1.82, 2.24) is 5.32 Å². The maximum atomic E-state index is 11.7. The Hall–Kier alpha value is -1.46. The molecule has 7 heteroatoms. The third kappa shape index (κ3) is 5.10. The maximum absolute atomic E-state index is 11.7. The lowest BCUT2D eigenvalue weighted by molar-refractivity contribution is -0.154. The predicted molar refractivity (Wildman–Crippen MR) is 78.7 cm³/mol. The molecule has 1 saturated carbocycles. The first kappa shape index (κ1) is 15.9. The summed E-state index contributed by atoms with van der Waals surface area (Å²) in [5, 5.41) is 3.49. The number of ether oxygens (including phenoxy) is 2. The summed E-state index contributed by atoms with van der Waals surface area (Å²) in [7, 11) is 0. The molecule has 0 aromatic heterocycles. The smallest absolute Gasteiger partial charge is 0.347 e. The highest BCUT2D eigenvalue weighted by Crippen LogP contribution is 2.28. The van der Waals surface area contributed by atoms with Gasteiger partial charge in [-0.2, -0.15) is 0 Å². The van der Waals surface area contributed by atoms with Crippen molar-refractivity contribution >= 4 is 35.1 Å². The highest BCUT2D eigenvalue weighted by Gasteiger charge is 2.24. The van der Waals surface area contributed by atoms with E-state index in [-0.39, 0.29) is 18.6 Å². The van der Waals surface area contributed by atoms with E-state index in [2.05, 4.69) is 5.32 Å². The molecule has 1 unspecified atom stereocenters. The third-order valence-corrected chi connectivity index (χ3v) is 3.35. The van der Waals surface area contributed by atoms with Gasteiger partial charge in [-0.15, -0.1) is 0 Å². The molecule has 5 nitrogen and oxygen atoms in total. The zero-order valence-corrected chi connectivity index (χ0v) is 12.9. The molecule has 1 aromatic carbocycles. The van der Waals surface area contributed by atoms with Gasteiger partial charge >= 0.3 is 5.97 Å². The number of carbonyl (C=O) groups is 2. The summed E-state index contributed by atoms with van der Waals surface area (Å²) in [4.78, 5) is 23.1. The Morgan fingerprint density at radius 1 is 1.38 bits per heavy atom. The van der Waals surface area contributed by atoms with Crippen molar-refractivity contribution in [2.75, 3.05) is 6.61 Å². The Morgan fingerprint density at radius 3 is 2.71 bits per heavy atom. The standard InChI is InChI=1S/C14H15Cl2NO4/c1-8(21-12-5-2-9(15)6-11(12)16)14(19)20-7-13(18)17-10-3-4-10/h2,5-6,8,10H,3-4,7H2,1H3,(H,17,18). The van der Waals surface area contributed by atoms with Gasteiger partial charge in [-0.1, -0.05) is 23.2 Å². The van der Waals surface area contributed by atoms with Crippen molar-refractivity contribution in [1.29, 1.82) is 0 Å². The highest BCUT2D eigenvalue weighted by atomic mass is 35.5. The number of hydrogen-bond donors (Lipinski definition) is 1. The van der Waals surface area contributed by atoms with Gasteiger partial charge in [0.15, 0.2) is 12.7 Å². The van der Waals surface area contributed by atoms with Crippen molar-refractivity contribution in [3.05, 3.63) is 28.2 Å². The number of amides is 1. The first-order valence-corrected chi connectivity index (χ1v) is 7.29. The molecule has 0 spiro atoms. The van der Waals surface area contributed by atoms with Crippen LogP contribution in [-0.4, -0.2) is 30.6 Å². The van der Waals surface area contributed by atoms with Gasteiger partial charge in [0.05, 0.1) is 5.02 Å². The normalized spacial score (nSPS) is 15.2. The molecule has 0 heterocycles. The quantitative estimate of drug-likeness (QED) is 0.813. The summed E-state index contributed by atoms with van der Waals surface area (Å²) in [6.07, 6.45) is 1.08. The molecule has 1 amide bonds. The van der Waals surface area contributed by atoms with Crippen LogP contribution in [0.5, 0.6) is 5.75 Å². The van der Waals surface area contributed by atoms with Gasteiger partial charge in [-0.3, -0.25) is 4.79 Å². The van der Waals surface area contributed by atoms with E-state index in [1.165, 1.54) is 13.0 Å². The van der Waals surface area contributed by atoms with Gasteiger partial charge in [-0.25, -0.2) is 4.79 Å². The molecule has 1 atom stereocenters. The van der Waals surface area contributed by atoms with E-state index < -0.39 is 12.1 Å². The van der Waals surface area contributed by atoms with E-state index in [9.17, 15) is 9.59 Å². The molecule has 1 N–H and O–H groups in total. The number of carbonyl (C=O) groups excluding carboxylic acids is 2. The molecular weight excluding hydrogens is 317 g/mol. The minimum atomic E-state index is -0.877. The first-order chi connectivity index (χ1) is 9.95. The Kier molecular flexibility index (Phi) is 5.31. The van der Waals surface area contributed by atoms with Crippen LogP contribution in [0.15, 0.2) is 18.2 Å². The molecule has 2 rings (SSSR count). The predicted octanol–water partition coefficient (Wildman–Crippen LogP) is 2.58. The molecule has 0 saturated heterocycles. The van der Waals surface area contributed by atoms with Gasteiger partial charge in [-0.05, 0) is 38.0 Å². The minimum absolute atomic E-state index is 0.234. The van der Waals surface area contributed by atoms with Crippen molar-refractivity contribution in [2.24, 2.45) is 0 Å². The molecular formula is C14H15Cl2NO4. The SMILES string of the molecule is CC(Oc1ccc(Cl)cc1Cl)C(=O)OCC(=O)NC1CC1. The number of benzene rings is 1. The monoisotopic (exact) mass is 331 g/mol. The average Bonchev–Trinajstić information content (AvgIpc) is 3.23. The van der Waals surface area contributed by atoms with E-state index in [1.54, 1.807) is 12.1 Å². The molecule has 0 aliphatic heterocycles. The van der Waals surface area contributed by atoms with Crippen LogP contribution in [0.25, 0.3) is 0 Å². The highest BCUT2D eigenvalue weighted by molar-refractivity contribution is 6.35. The van der Waals surface area contributed by atoms with Crippen LogP contribution >= 0.6 is 23.2 Å². The molecule has 114 valence electrons. The summed E-state index contributed by atoms with van der Waals surface area (Å²) in [6.45, 7) is 1.21. The van der Waals surface area contributed by atoms with E-state index in [0.29, 0.717) is 15.8 Å². The van der Waals surface area contributed by atoms with Crippen molar-refractivity contribution in [2.45, 2.75) is 31.9 Å². The third-order valence-electron chi connectivity index (χ3n) is 2.82. The fraction of sp³-hybridized carbons (Fsp3) is 0.429. The Bertz CT molecular complexity index is 546. The lowest BCUT2D eigenvalue weighted by Gasteiger charge is -2.15. The second-order valence-electron chi connectivity index (χ2n) is 4.78. The van der Waals surface area contributed by atoms with Crippen LogP contribution in [0.3, 0.4) is 0 Å². The molecule has 1 aromatic rings. The average molecular weight is 332 g/mol. The Labute approximate surface area is 132 Å². The lowest BCUT2D eigenvalue weighted by Crippen LogP contribution is -2.33. The van der Waals surface area contributed by atoms with E-state index in [4.69, 9.17) is 32.7 Å². The van der Waals surface area contributed by atoms with Crippen molar-refractivity contribution in [3.63, 3.8) is 0 Å². The first-order valence-electron chi connectivity index (χ1n) is 6.53. The number of nitrogens with one attached hydrogen (secondary N) is 1. The van der Waals surface area contributed by atoms with Crippen LogP contribution < -0.4 is 10.1 Å². The number of halogens is 2. The van der Waals surface area contributed by atoms with Crippen LogP contribution in [0, 0.1) is 0 Å². The summed E-state index contributed by atoms with van der Waals surface area (Å²) >= 11 is 11.7. The second kappa shape index (κ2) is 7.00. The van der Waals surface area contributed by atoms with Crippen LogP contribution in [0.4, 0.5) is 0 Å². The van der Waals surface area contributed by atoms with Gasteiger partial charge < -0.3 is 14.8 Å². The second-order valence-corrected chi connectivity index (χ2v) is 5.63. The van der Waals surface area contributed by atoms with Gasteiger partial charge in [0.1, 0.15) is 5.75 Å². The fourth-order valence-corrected chi connectivity index (χ4v) is 2.01. The Morgan fingerprint density at radius 2 is 2.10 bits per heavy atom. The zero-order chi connectivity index (χ0) is 15.4. The van der Waals surface area contributed by atoms with Gasteiger partial charge in [0.2, 0.25) is 0 Å². The largest absolute Gasteiger partial charge is 0.477 e. The van der Waals surface area contributed by atoms with Gasteiger partial charge in [0, 0.05) is 11.1 Å². The van der Waals surface area contributed by atoms with Crippen LogP contribution in [-0.2, 0) is 14.3 Å². The van der Waals surface area contributed by atoms with E-state index in [0.717, 1.165) is 12.8 Å². The van der Waals surface area contributed by atoms with E-state index in [1.807, 2.05) is 0 Å². The topological polar surface area (TPSA) is 64.6 Å². The summed E-state index contributed by atoms with van der Waals surface area (Å²) in [5.74, 6) is -0.609. The lowest BCUT2D eigenvalue weighted by atomic mass is 10.3. The maximum Gasteiger partial charge on any atom is 0.347 e. The molecule has 21 heavy (non-hydrogen) atoms. The summed E-state index contributed by atoms with van der Waals surface area (Å²) in [6, 6.07) is 4.91. The van der Waals surface area contributed by atoms with Crippen molar-refractivity contribution < 1.29 is 19.1 Å². The summed E-state index contributed by atoms with van der Waals surface area (Å²) in [5.41, 5.74) is 0. The Balaban J connectivity index is 1.79. The van der Waals surface area contributed by atoms with Crippen molar-refractivity contribution in [3.8, 4) is 5.75 Å². The number of rotatable bonds is 6. The number of hydrogen-bond acceptors (Lipinski definition) is 4. The van der Waals surface area contributed by atoms with Crippen LogP contribution in [0.2, 0.25) is 10.0 Å². The molecule has 0 bridgehead atoms. The molecule has 1 aliphatic rings. The zero-order valence-electron chi connectivity index (χ0n) is 11.4. The van der Waals surface area contributed by atoms with E-state index >= 15 is 0 Å². The number of esters is 1. The molecule has 1 fully saturated rings. The molecule has 0 radical (unpaired) electrons. The minimum Gasteiger partial charge on any atom is -0.477 e. The summed E-state index contributed by atoms with van der Waals surface area (Å²) < 4.78 is 10.3.